The van der Waals surface area contributed by atoms with Crippen molar-refractivity contribution in [2.75, 3.05) is 6.61 Å². The van der Waals surface area contributed by atoms with Crippen LogP contribution in [0.2, 0.25) is 0 Å². The molecule has 1 atom stereocenters. The molecule has 0 rings (SSSR count). The molecule has 18 heavy (non-hydrogen) atoms. The molecule has 0 saturated carbocycles. The Hall–Kier alpha value is -0.810. The van der Waals surface area contributed by atoms with Crippen LogP contribution >= 0.6 is 0 Å². The second kappa shape index (κ2) is 9.16. The summed E-state index contributed by atoms with van der Waals surface area (Å²) < 4.78 is 4.86. The van der Waals surface area contributed by atoms with Gasteiger partial charge in [0, 0.05) is 0 Å². The molecule has 0 aliphatic carbocycles. The third-order valence-corrected chi connectivity index (χ3v) is 2.48. The summed E-state index contributed by atoms with van der Waals surface area (Å²) in [5, 5.41) is 4.43. The predicted molar refractivity (Wildman–Crippen MR) is 67.7 cm³/mol. The van der Waals surface area contributed by atoms with Gasteiger partial charge in [-0.25, -0.2) is 9.68 Å². The molecule has 108 valence electrons. The van der Waals surface area contributed by atoms with Crippen molar-refractivity contribution in [1.82, 2.24) is 0 Å². The molecule has 0 spiro atoms. The summed E-state index contributed by atoms with van der Waals surface area (Å²) in [5.41, 5.74) is -0.482. The second-order valence-electron chi connectivity index (χ2n) is 5.20. The van der Waals surface area contributed by atoms with Crippen LogP contribution in [0.3, 0.4) is 0 Å². The molecule has 1 unspecified atom stereocenters. The lowest BCUT2D eigenvalue weighted by Crippen LogP contribution is -2.25. The van der Waals surface area contributed by atoms with Gasteiger partial charge >= 0.3 is 6.16 Å². The first kappa shape index (κ1) is 17.2. The van der Waals surface area contributed by atoms with E-state index in [9.17, 15) is 4.79 Å². The fourth-order valence-electron chi connectivity index (χ4n) is 1.59. The lowest BCUT2D eigenvalue weighted by molar-refractivity contribution is -0.517. The van der Waals surface area contributed by atoms with Crippen molar-refractivity contribution in [3.05, 3.63) is 0 Å². The largest absolute Gasteiger partial charge is 0.542 e. The Bertz CT molecular complexity index is 227. The lowest BCUT2D eigenvalue weighted by Gasteiger charge is -2.20. The maximum absolute atomic E-state index is 11.1. The van der Waals surface area contributed by atoms with Crippen LogP contribution in [0, 0.1) is 5.92 Å². The molecular weight excluding hydrogens is 236 g/mol. The zero-order valence-corrected chi connectivity index (χ0v) is 12.2. The fraction of sp³-hybridized carbons (Fsp3) is 0.923. The molecule has 0 amide bonds. The molecule has 0 N–H and O–H groups in total. The van der Waals surface area contributed by atoms with Gasteiger partial charge in [-0.15, -0.1) is 0 Å². The smallest absolute Gasteiger partial charge is 0.432 e. The number of rotatable bonds is 9. The van der Waals surface area contributed by atoms with E-state index in [-0.39, 0.29) is 0 Å². The number of carbonyl (C=O) groups excluding carboxylic acids is 1. The maximum atomic E-state index is 11.1. The summed E-state index contributed by atoms with van der Waals surface area (Å²) in [5.74, 6) is 0.319. The van der Waals surface area contributed by atoms with Crippen LogP contribution in [-0.4, -0.2) is 18.4 Å². The summed E-state index contributed by atoms with van der Waals surface area (Å²) in [6.45, 7) is 10.2. The molecule has 0 bridgehead atoms. The molecule has 0 aromatic rings. The zero-order valence-electron chi connectivity index (χ0n) is 12.2. The molecule has 5 nitrogen and oxygen atoms in total. The average molecular weight is 262 g/mol. The zero-order chi connectivity index (χ0) is 14.0. The van der Waals surface area contributed by atoms with Crippen LogP contribution in [0.4, 0.5) is 4.79 Å². The van der Waals surface area contributed by atoms with Crippen LogP contribution in [-0.2, 0) is 19.6 Å². The van der Waals surface area contributed by atoms with E-state index in [1.165, 1.54) is 0 Å². The van der Waals surface area contributed by atoms with Crippen molar-refractivity contribution in [3.8, 4) is 0 Å². The van der Waals surface area contributed by atoms with E-state index in [1.807, 2.05) is 27.7 Å². The summed E-state index contributed by atoms with van der Waals surface area (Å²) in [7, 11) is 0. The first-order valence-electron chi connectivity index (χ1n) is 6.60. The van der Waals surface area contributed by atoms with Gasteiger partial charge < -0.3 is 4.74 Å². The van der Waals surface area contributed by atoms with E-state index in [0.717, 1.165) is 25.7 Å². The summed E-state index contributed by atoms with van der Waals surface area (Å²) in [6, 6.07) is 0. The Morgan fingerprint density at radius 1 is 1.22 bits per heavy atom. The number of hydrogen-bond donors (Lipinski definition) is 0. The van der Waals surface area contributed by atoms with E-state index < -0.39 is 11.8 Å². The average Bonchev–Trinajstić information content (AvgIpc) is 2.26. The minimum absolute atomic E-state index is 0.319. The van der Waals surface area contributed by atoms with Gasteiger partial charge in [0.2, 0.25) is 0 Å². The normalized spacial score (nSPS) is 13.2. The minimum atomic E-state index is -0.870. The first-order valence-corrected chi connectivity index (χ1v) is 6.60. The van der Waals surface area contributed by atoms with Gasteiger partial charge in [0.1, 0.15) is 5.60 Å². The van der Waals surface area contributed by atoms with E-state index in [1.54, 1.807) is 0 Å². The Morgan fingerprint density at radius 2 is 1.89 bits per heavy atom. The van der Waals surface area contributed by atoms with Crippen molar-refractivity contribution in [1.29, 1.82) is 0 Å². The Morgan fingerprint density at radius 3 is 2.44 bits per heavy atom. The van der Waals surface area contributed by atoms with Gasteiger partial charge in [0.15, 0.2) is 0 Å². The van der Waals surface area contributed by atoms with E-state index in [2.05, 4.69) is 16.8 Å². The van der Waals surface area contributed by atoms with Crippen LogP contribution in [0.25, 0.3) is 0 Å². The van der Waals surface area contributed by atoms with Crippen molar-refractivity contribution in [3.63, 3.8) is 0 Å². The van der Waals surface area contributed by atoms with Crippen LogP contribution in [0.1, 0.15) is 60.3 Å². The molecule has 0 aromatic heterocycles. The van der Waals surface area contributed by atoms with Crippen LogP contribution in [0.15, 0.2) is 0 Å². The Balaban J connectivity index is 3.65. The summed E-state index contributed by atoms with van der Waals surface area (Å²) >= 11 is 0. The molecule has 0 aromatic carbocycles. The van der Waals surface area contributed by atoms with Gasteiger partial charge in [0.25, 0.3) is 0 Å². The number of ether oxygens (including phenoxy) is 1. The highest BCUT2D eigenvalue weighted by atomic mass is 17.5. The highest BCUT2D eigenvalue weighted by molar-refractivity contribution is 5.58. The van der Waals surface area contributed by atoms with E-state index in [0.29, 0.717) is 12.5 Å². The van der Waals surface area contributed by atoms with Gasteiger partial charge in [-0.3, -0.25) is 0 Å². The van der Waals surface area contributed by atoms with E-state index >= 15 is 0 Å². The second-order valence-corrected chi connectivity index (χ2v) is 5.20. The topological polar surface area (TPSA) is 54.0 Å². The Kier molecular flexibility index (Phi) is 8.75. The van der Waals surface area contributed by atoms with Gasteiger partial charge in [-0.05, 0) is 37.6 Å². The van der Waals surface area contributed by atoms with Crippen LogP contribution < -0.4 is 0 Å². The highest BCUT2D eigenvalue weighted by Crippen LogP contribution is 2.16. The molecule has 5 heteroatoms. The van der Waals surface area contributed by atoms with Gasteiger partial charge in [-0.1, -0.05) is 33.6 Å². The fourth-order valence-corrected chi connectivity index (χ4v) is 1.59. The van der Waals surface area contributed by atoms with E-state index in [4.69, 9.17) is 9.62 Å². The van der Waals surface area contributed by atoms with Crippen molar-refractivity contribution in [2.24, 2.45) is 5.92 Å². The van der Waals surface area contributed by atoms with Crippen LogP contribution in [0.5, 0.6) is 0 Å². The first-order chi connectivity index (χ1) is 8.41. The monoisotopic (exact) mass is 262 g/mol. The number of carbonyl (C=O) groups is 1. The van der Waals surface area contributed by atoms with Gasteiger partial charge in [-0.2, -0.15) is 4.89 Å². The van der Waals surface area contributed by atoms with Crippen molar-refractivity contribution in [2.45, 2.75) is 65.9 Å². The Labute approximate surface area is 110 Å². The standard InChI is InChI=1S/C13H26O5/c1-6-8-11(3)10-15-12(14)16-18-17-13(4,5)9-7-2/h11H,6-10H2,1-5H3. The highest BCUT2D eigenvalue weighted by Gasteiger charge is 2.20. The quantitative estimate of drug-likeness (QED) is 0.357. The minimum Gasteiger partial charge on any atom is -0.432 e. The summed E-state index contributed by atoms with van der Waals surface area (Å²) in [6.07, 6.45) is 2.96. The molecule has 0 aliphatic rings. The van der Waals surface area contributed by atoms with Crippen molar-refractivity contribution < 1.29 is 24.3 Å². The van der Waals surface area contributed by atoms with Gasteiger partial charge in [0.05, 0.1) is 6.61 Å². The molecule has 0 heterocycles. The van der Waals surface area contributed by atoms with Crippen molar-refractivity contribution >= 4 is 6.16 Å². The summed E-state index contributed by atoms with van der Waals surface area (Å²) in [4.78, 5) is 20.5. The molecule has 0 fully saturated rings. The lowest BCUT2D eigenvalue weighted by atomic mass is 10.0. The molecule has 0 radical (unpaired) electrons. The maximum Gasteiger partial charge on any atom is 0.542 e. The third-order valence-electron chi connectivity index (χ3n) is 2.48. The predicted octanol–water partition coefficient (Wildman–Crippen LogP) is 4.02. The SMILES string of the molecule is CCCC(C)COC(=O)OOOC(C)(C)CCC. The molecule has 0 saturated heterocycles. The molecule has 0 aliphatic heterocycles. The molecular formula is C13H26O5. The number of hydrogen-bond acceptors (Lipinski definition) is 5. The third kappa shape index (κ3) is 9.24.